The van der Waals surface area contributed by atoms with Gasteiger partial charge < -0.3 is 5.32 Å². The Morgan fingerprint density at radius 3 is 2.31 bits per heavy atom. The zero-order valence-corrected chi connectivity index (χ0v) is 16.1. The molecule has 0 radical (unpaired) electrons. The molecule has 0 bridgehead atoms. The number of amides is 1. The molecule has 2 aromatic carbocycles. The lowest BCUT2D eigenvalue weighted by molar-refractivity contribution is 0.0859. The fourth-order valence-corrected chi connectivity index (χ4v) is 3.59. The van der Waals surface area contributed by atoms with E-state index < -0.39 is 9.84 Å². The number of carbonyl (C=O) groups excluding carboxylic acids is 1. The summed E-state index contributed by atoms with van der Waals surface area (Å²) in [4.78, 5) is 18.8. The molecule has 3 rings (SSSR count). The standard InChI is InChI=1S/C17H15Cl2N3O3S/c1-26(24,25)12-7-5-11(6-8-12)16(23)22-10-9-20-17(22)21-15-13(18)3-2-4-14(15)19/h2-8H,9-10H2,1H3,(H,20,21). The molecule has 6 nitrogen and oxygen atoms in total. The number of sulfone groups is 1. The highest BCUT2D eigenvalue weighted by Crippen LogP contribution is 2.33. The van der Waals surface area contributed by atoms with E-state index in [1.165, 1.54) is 29.2 Å². The van der Waals surface area contributed by atoms with E-state index in [0.29, 0.717) is 40.3 Å². The molecule has 0 saturated carbocycles. The maximum atomic E-state index is 12.8. The number of aliphatic imine (C=N–C) groups is 1. The van der Waals surface area contributed by atoms with Crippen LogP contribution in [0.5, 0.6) is 0 Å². The zero-order valence-electron chi connectivity index (χ0n) is 13.7. The van der Waals surface area contributed by atoms with Crippen LogP contribution in [-0.2, 0) is 9.84 Å². The highest BCUT2D eigenvalue weighted by Gasteiger charge is 2.26. The van der Waals surface area contributed by atoms with E-state index in [-0.39, 0.29) is 10.8 Å². The third kappa shape index (κ3) is 3.85. The maximum absolute atomic E-state index is 12.8. The smallest absolute Gasteiger partial charge is 0.260 e. The lowest BCUT2D eigenvalue weighted by Gasteiger charge is -2.16. The van der Waals surface area contributed by atoms with Gasteiger partial charge >= 0.3 is 0 Å². The van der Waals surface area contributed by atoms with Gasteiger partial charge in [-0.05, 0) is 36.4 Å². The van der Waals surface area contributed by atoms with Crippen molar-refractivity contribution in [2.24, 2.45) is 4.99 Å². The van der Waals surface area contributed by atoms with E-state index in [0.717, 1.165) is 6.26 Å². The molecule has 1 fully saturated rings. The Bertz CT molecular complexity index is 969. The second-order valence-electron chi connectivity index (χ2n) is 5.69. The predicted octanol–water partition coefficient (Wildman–Crippen LogP) is 3.13. The van der Waals surface area contributed by atoms with E-state index in [1.807, 2.05) is 0 Å². The molecule has 2 aromatic rings. The largest absolute Gasteiger partial charge is 0.354 e. The molecule has 1 saturated heterocycles. The van der Waals surface area contributed by atoms with Crippen molar-refractivity contribution in [3.8, 4) is 0 Å². The number of benzene rings is 2. The minimum atomic E-state index is -3.32. The van der Waals surface area contributed by atoms with Crippen molar-refractivity contribution < 1.29 is 13.2 Å². The molecule has 1 aliphatic heterocycles. The highest BCUT2D eigenvalue weighted by molar-refractivity contribution is 7.90. The molecular formula is C17H15Cl2N3O3S. The van der Waals surface area contributed by atoms with Gasteiger partial charge in [-0.25, -0.2) is 13.4 Å². The Labute approximate surface area is 161 Å². The first-order valence-corrected chi connectivity index (χ1v) is 10.3. The summed E-state index contributed by atoms with van der Waals surface area (Å²) < 4.78 is 23.1. The Balaban J connectivity index is 1.90. The third-order valence-corrected chi connectivity index (χ3v) is 5.54. The summed E-state index contributed by atoms with van der Waals surface area (Å²) in [5, 5.41) is 3.79. The van der Waals surface area contributed by atoms with Gasteiger partial charge in [0.2, 0.25) is 5.96 Å². The molecule has 26 heavy (non-hydrogen) atoms. The number of hydrogen-bond donors (Lipinski definition) is 1. The van der Waals surface area contributed by atoms with Crippen LogP contribution in [0.3, 0.4) is 0 Å². The van der Waals surface area contributed by atoms with Crippen molar-refractivity contribution in [1.82, 2.24) is 10.2 Å². The fraction of sp³-hybridized carbons (Fsp3) is 0.176. The van der Waals surface area contributed by atoms with Crippen LogP contribution in [0.2, 0.25) is 10.0 Å². The minimum absolute atomic E-state index is 0.158. The summed E-state index contributed by atoms with van der Waals surface area (Å²) in [7, 11) is -3.32. The Kier molecular flexibility index (Phi) is 5.22. The highest BCUT2D eigenvalue weighted by atomic mass is 35.5. The topological polar surface area (TPSA) is 78.8 Å². The van der Waals surface area contributed by atoms with Crippen LogP contribution in [0.25, 0.3) is 0 Å². The SMILES string of the molecule is CS(=O)(=O)c1ccc(C(=O)N2CCN/C2=N\c2c(Cl)cccc2Cl)cc1. The number of carbonyl (C=O) groups is 1. The number of rotatable bonds is 3. The molecule has 0 aliphatic carbocycles. The van der Waals surface area contributed by atoms with Crippen LogP contribution < -0.4 is 5.32 Å². The molecule has 1 aliphatic rings. The van der Waals surface area contributed by atoms with Gasteiger partial charge in [-0.1, -0.05) is 29.3 Å². The lowest BCUT2D eigenvalue weighted by Crippen LogP contribution is -2.35. The molecule has 0 spiro atoms. The Hall–Kier alpha value is -2.09. The molecule has 1 N–H and O–H groups in total. The number of hydrogen-bond acceptors (Lipinski definition) is 4. The number of guanidine groups is 1. The molecule has 0 atom stereocenters. The van der Waals surface area contributed by atoms with Gasteiger partial charge in [0.1, 0.15) is 5.69 Å². The van der Waals surface area contributed by atoms with Gasteiger partial charge in [0.15, 0.2) is 9.84 Å². The van der Waals surface area contributed by atoms with Crippen molar-refractivity contribution in [3.63, 3.8) is 0 Å². The van der Waals surface area contributed by atoms with E-state index in [9.17, 15) is 13.2 Å². The van der Waals surface area contributed by atoms with E-state index in [2.05, 4.69) is 10.3 Å². The van der Waals surface area contributed by atoms with E-state index >= 15 is 0 Å². The van der Waals surface area contributed by atoms with Gasteiger partial charge in [0.25, 0.3) is 5.91 Å². The number of nitrogens with one attached hydrogen (secondary N) is 1. The van der Waals surface area contributed by atoms with E-state index in [4.69, 9.17) is 23.2 Å². The average molecular weight is 412 g/mol. The first-order chi connectivity index (χ1) is 12.3. The van der Waals surface area contributed by atoms with Crippen molar-refractivity contribution in [2.75, 3.05) is 19.3 Å². The number of nitrogens with zero attached hydrogens (tertiary/aromatic N) is 2. The molecular weight excluding hydrogens is 397 g/mol. The number of halogens is 2. The summed E-state index contributed by atoms with van der Waals surface area (Å²) in [6, 6.07) is 10.8. The van der Waals surface area contributed by atoms with Gasteiger partial charge in [-0.3, -0.25) is 9.69 Å². The van der Waals surface area contributed by atoms with Gasteiger partial charge in [-0.2, -0.15) is 0 Å². The van der Waals surface area contributed by atoms with Crippen molar-refractivity contribution in [2.45, 2.75) is 4.90 Å². The van der Waals surface area contributed by atoms with E-state index in [1.54, 1.807) is 18.2 Å². The molecule has 1 heterocycles. The molecule has 0 aromatic heterocycles. The van der Waals surface area contributed by atoms with Crippen LogP contribution >= 0.6 is 23.2 Å². The monoisotopic (exact) mass is 411 g/mol. The molecule has 1 amide bonds. The fourth-order valence-electron chi connectivity index (χ4n) is 2.48. The normalized spacial score (nSPS) is 16.0. The first-order valence-electron chi connectivity index (χ1n) is 7.66. The molecule has 136 valence electrons. The first kappa shape index (κ1) is 18.7. The minimum Gasteiger partial charge on any atom is -0.354 e. The van der Waals surface area contributed by atoms with Crippen molar-refractivity contribution >= 4 is 50.6 Å². The van der Waals surface area contributed by atoms with Crippen LogP contribution in [0.4, 0.5) is 5.69 Å². The average Bonchev–Trinajstić information content (AvgIpc) is 3.05. The summed E-state index contributed by atoms with van der Waals surface area (Å²) in [5.41, 5.74) is 0.740. The van der Waals surface area contributed by atoms with Crippen molar-refractivity contribution in [3.05, 3.63) is 58.1 Å². The van der Waals surface area contributed by atoms with Crippen LogP contribution in [-0.4, -0.2) is 44.5 Å². The predicted molar refractivity (Wildman–Crippen MR) is 102 cm³/mol. The summed E-state index contributed by atoms with van der Waals surface area (Å²) >= 11 is 12.3. The second-order valence-corrected chi connectivity index (χ2v) is 8.52. The Morgan fingerprint density at radius 1 is 1.12 bits per heavy atom. The maximum Gasteiger partial charge on any atom is 0.260 e. The molecule has 0 unspecified atom stereocenters. The zero-order chi connectivity index (χ0) is 18.9. The number of para-hydroxylation sites is 1. The lowest BCUT2D eigenvalue weighted by atomic mass is 10.2. The second kappa shape index (κ2) is 7.26. The van der Waals surface area contributed by atoms with Gasteiger partial charge in [-0.15, -0.1) is 0 Å². The van der Waals surface area contributed by atoms with Gasteiger partial charge in [0, 0.05) is 24.9 Å². The van der Waals surface area contributed by atoms with Crippen LogP contribution in [0, 0.1) is 0 Å². The summed E-state index contributed by atoms with van der Waals surface area (Å²) in [5.74, 6) is 0.0502. The van der Waals surface area contributed by atoms with Crippen LogP contribution in [0.1, 0.15) is 10.4 Å². The summed E-state index contributed by atoms with van der Waals surface area (Å²) in [6.07, 6.45) is 1.12. The molecule has 9 heteroatoms. The third-order valence-electron chi connectivity index (χ3n) is 3.80. The Morgan fingerprint density at radius 2 is 1.73 bits per heavy atom. The van der Waals surface area contributed by atoms with Gasteiger partial charge in [0.05, 0.1) is 14.9 Å². The quantitative estimate of drug-likeness (QED) is 0.840. The van der Waals surface area contributed by atoms with Crippen molar-refractivity contribution in [1.29, 1.82) is 0 Å². The summed E-state index contributed by atoms with van der Waals surface area (Å²) in [6.45, 7) is 0.960. The van der Waals surface area contributed by atoms with Crippen LogP contribution in [0.15, 0.2) is 52.4 Å².